The zero-order valence-corrected chi connectivity index (χ0v) is 13.4. The second-order valence-corrected chi connectivity index (χ2v) is 6.07. The number of nitrogens with one attached hydrogen (secondary N) is 1. The van der Waals surface area contributed by atoms with Crippen LogP contribution in [0.15, 0.2) is 29.9 Å². The van der Waals surface area contributed by atoms with Gasteiger partial charge in [-0.15, -0.1) is 11.3 Å². The van der Waals surface area contributed by atoms with Gasteiger partial charge < -0.3 is 14.6 Å². The van der Waals surface area contributed by atoms with Crippen LogP contribution < -0.4 is 0 Å². The highest BCUT2D eigenvalue weighted by Gasteiger charge is 2.19. The van der Waals surface area contributed by atoms with Gasteiger partial charge >= 0.3 is 0 Å². The van der Waals surface area contributed by atoms with Crippen molar-refractivity contribution < 1.29 is 9.53 Å². The molecule has 0 saturated heterocycles. The molecule has 1 amide bonds. The van der Waals surface area contributed by atoms with E-state index in [1.165, 1.54) is 0 Å². The fourth-order valence-corrected chi connectivity index (χ4v) is 3.14. The average Bonchev–Trinajstić information content (AvgIpc) is 3.18. The van der Waals surface area contributed by atoms with E-state index in [1.807, 2.05) is 30.8 Å². The molecular weight excluding hydrogens is 300 g/mol. The lowest BCUT2D eigenvalue weighted by molar-refractivity contribution is 0.0675. The van der Waals surface area contributed by atoms with Gasteiger partial charge in [0.25, 0.3) is 5.91 Å². The Kier molecular flexibility index (Phi) is 4.26. The van der Waals surface area contributed by atoms with Crippen molar-refractivity contribution in [3.05, 3.63) is 41.2 Å². The second kappa shape index (κ2) is 6.33. The number of hydrogen-bond acceptors (Lipinski definition) is 4. The Bertz CT molecular complexity index is 745. The number of aromatic amines is 1. The molecule has 3 rings (SSSR count). The molecule has 0 aromatic carbocycles. The molecule has 1 N–H and O–H groups in total. The molecule has 3 heterocycles. The maximum Gasteiger partial charge on any atom is 0.270 e. The number of aryl methyl sites for hydroxylation is 1. The van der Waals surface area contributed by atoms with E-state index in [-0.39, 0.29) is 5.91 Å². The second-order valence-electron chi connectivity index (χ2n) is 5.12. The first-order chi connectivity index (χ1) is 10.7. The molecule has 3 aromatic heterocycles. The van der Waals surface area contributed by atoms with Crippen LogP contribution in [0.2, 0.25) is 0 Å². The number of H-pyrrole nitrogens is 1. The first kappa shape index (κ1) is 14.8. The first-order valence-electron chi connectivity index (χ1n) is 6.99. The zero-order valence-electron chi connectivity index (χ0n) is 12.6. The number of fused-ring (bicyclic) bond motifs is 1. The van der Waals surface area contributed by atoms with E-state index in [0.29, 0.717) is 25.4 Å². The van der Waals surface area contributed by atoms with Gasteiger partial charge in [-0.25, -0.2) is 0 Å². The van der Waals surface area contributed by atoms with Crippen LogP contribution in [-0.4, -0.2) is 45.8 Å². The topological polar surface area (TPSA) is 63.1 Å². The Hall–Kier alpha value is -2.12. The van der Waals surface area contributed by atoms with Crippen LogP contribution in [0.4, 0.5) is 0 Å². The summed E-state index contributed by atoms with van der Waals surface area (Å²) in [5, 5.41) is 6.16. The van der Waals surface area contributed by atoms with Gasteiger partial charge in [0.05, 0.1) is 23.0 Å². The van der Waals surface area contributed by atoms with Crippen molar-refractivity contribution in [1.29, 1.82) is 0 Å². The summed E-state index contributed by atoms with van der Waals surface area (Å²) in [4.78, 5) is 17.7. The summed E-state index contributed by atoms with van der Waals surface area (Å²) < 4.78 is 7.95. The monoisotopic (exact) mass is 318 g/mol. The third-order valence-corrected chi connectivity index (χ3v) is 4.32. The van der Waals surface area contributed by atoms with Crippen molar-refractivity contribution in [3.8, 4) is 0 Å². The van der Waals surface area contributed by atoms with Crippen LogP contribution in [0.5, 0.6) is 0 Å². The summed E-state index contributed by atoms with van der Waals surface area (Å²) in [6.45, 7) is 1.56. The maximum absolute atomic E-state index is 12.7. The highest BCUT2D eigenvalue weighted by atomic mass is 32.1. The van der Waals surface area contributed by atoms with Gasteiger partial charge in [-0.3, -0.25) is 9.48 Å². The molecule has 0 aliphatic rings. The molecule has 0 fully saturated rings. The predicted molar refractivity (Wildman–Crippen MR) is 86.0 cm³/mol. The van der Waals surface area contributed by atoms with Crippen molar-refractivity contribution in [1.82, 2.24) is 19.7 Å². The largest absolute Gasteiger partial charge is 0.383 e. The molecule has 0 unspecified atom stereocenters. The maximum atomic E-state index is 12.7. The number of amides is 1. The lowest BCUT2D eigenvalue weighted by Gasteiger charge is -2.21. The van der Waals surface area contributed by atoms with Gasteiger partial charge in [-0.1, -0.05) is 0 Å². The van der Waals surface area contributed by atoms with Gasteiger partial charge in [0.2, 0.25) is 0 Å². The molecule has 0 saturated carbocycles. The molecule has 0 spiro atoms. The van der Waals surface area contributed by atoms with Crippen molar-refractivity contribution >= 4 is 27.5 Å². The first-order valence-corrected chi connectivity index (χ1v) is 7.87. The number of carbonyl (C=O) groups excluding carboxylic acids is 1. The van der Waals surface area contributed by atoms with Crippen molar-refractivity contribution in [2.24, 2.45) is 7.05 Å². The molecule has 116 valence electrons. The van der Waals surface area contributed by atoms with E-state index in [2.05, 4.69) is 10.1 Å². The molecule has 22 heavy (non-hydrogen) atoms. The third kappa shape index (κ3) is 3.05. The number of rotatable bonds is 6. The third-order valence-electron chi connectivity index (χ3n) is 3.45. The van der Waals surface area contributed by atoms with E-state index in [9.17, 15) is 4.79 Å². The van der Waals surface area contributed by atoms with Gasteiger partial charge in [0.1, 0.15) is 5.69 Å². The predicted octanol–water partition coefficient (Wildman–Crippen LogP) is 2.25. The molecule has 0 bridgehead atoms. The van der Waals surface area contributed by atoms with E-state index in [4.69, 9.17) is 4.74 Å². The molecule has 0 aliphatic heterocycles. The minimum atomic E-state index is -0.0238. The van der Waals surface area contributed by atoms with Crippen LogP contribution in [-0.2, 0) is 18.3 Å². The highest BCUT2D eigenvalue weighted by Crippen LogP contribution is 2.22. The number of carbonyl (C=O) groups is 1. The fourth-order valence-electron chi connectivity index (χ4n) is 2.36. The highest BCUT2D eigenvalue weighted by molar-refractivity contribution is 7.17. The SMILES string of the molecule is COCCN(Cc1cnn(C)c1)C(=O)c1cc2sccc2[nH]1. The number of methoxy groups -OCH3 is 1. The van der Waals surface area contributed by atoms with Crippen LogP contribution in [0.3, 0.4) is 0 Å². The molecule has 0 aliphatic carbocycles. The lowest BCUT2D eigenvalue weighted by atomic mass is 10.3. The van der Waals surface area contributed by atoms with Crippen LogP contribution in [0.25, 0.3) is 10.2 Å². The van der Waals surface area contributed by atoms with E-state index >= 15 is 0 Å². The van der Waals surface area contributed by atoms with Crippen molar-refractivity contribution in [2.45, 2.75) is 6.54 Å². The van der Waals surface area contributed by atoms with Crippen LogP contribution in [0, 0.1) is 0 Å². The number of nitrogens with zero attached hydrogens (tertiary/aromatic N) is 3. The lowest BCUT2D eigenvalue weighted by Crippen LogP contribution is -2.33. The Morgan fingerprint density at radius 3 is 3.09 bits per heavy atom. The summed E-state index contributed by atoms with van der Waals surface area (Å²) >= 11 is 1.62. The van der Waals surface area contributed by atoms with Gasteiger partial charge in [0.15, 0.2) is 0 Å². The van der Waals surface area contributed by atoms with Gasteiger partial charge in [-0.2, -0.15) is 5.10 Å². The Morgan fingerprint density at radius 1 is 1.55 bits per heavy atom. The summed E-state index contributed by atoms with van der Waals surface area (Å²) in [6, 6.07) is 3.89. The minimum Gasteiger partial charge on any atom is -0.383 e. The number of ether oxygens (including phenoxy) is 1. The van der Waals surface area contributed by atoms with E-state index in [1.54, 1.807) is 34.2 Å². The average molecular weight is 318 g/mol. The Balaban J connectivity index is 1.80. The minimum absolute atomic E-state index is 0.0238. The Morgan fingerprint density at radius 2 is 2.41 bits per heavy atom. The summed E-state index contributed by atoms with van der Waals surface area (Å²) in [6.07, 6.45) is 3.70. The van der Waals surface area contributed by atoms with Crippen molar-refractivity contribution in [2.75, 3.05) is 20.3 Å². The molecular formula is C15H18N4O2S. The van der Waals surface area contributed by atoms with Gasteiger partial charge in [0, 0.05) is 39.0 Å². The summed E-state index contributed by atoms with van der Waals surface area (Å²) in [5.41, 5.74) is 2.61. The summed E-state index contributed by atoms with van der Waals surface area (Å²) in [7, 11) is 3.50. The van der Waals surface area contributed by atoms with E-state index < -0.39 is 0 Å². The fraction of sp³-hybridized carbons (Fsp3) is 0.333. The van der Waals surface area contributed by atoms with Crippen LogP contribution >= 0.6 is 11.3 Å². The molecule has 6 nitrogen and oxygen atoms in total. The Labute approximate surface area is 132 Å². The van der Waals surface area contributed by atoms with E-state index in [0.717, 1.165) is 15.8 Å². The molecule has 0 atom stereocenters. The normalized spacial score (nSPS) is 11.2. The van der Waals surface area contributed by atoms with Gasteiger partial charge in [-0.05, 0) is 17.5 Å². The standard InChI is InChI=1S/C15H18N4O2S/c1-18-9-11(8-16-18)10-19(4-5-21-2)15(20)13-7-14-12(17-13)3-6-22-14/h3,6-9,17H,4-5,10H2,1-2H3. The quantitative estimate of drug-likeness (QED) is 0.758. The molecule has 0 radical (unpaired) electrons. The van der Waals surface area contributed by atoms with Crippen molar-refractivity contribution in [3.63, 3.8) is 0 Å². The zero-order chi connectivity index (χ0) is 15.5. The number of hydrogen-bond donors (Lipinski definition) is 1. The van der Waals surface area contributed by atoms with Crippen LogP contribution in [0.1, 0.15) is 16.1 Å². The number of aromatic nitrogens is 3. The molecule has 3 aromatic rings. The smallest absolute Gasteiger partial charge is 0.270 e. The number of thiophene rings is 1. The summed E-state index contributed by atoms with van der Waals surface area (Å²) in [5.74, 6) is -0.0238. The molecule has 7 heteroatoms.